The van der Waals surface area contributed by atoms with Crippen LogP contribution in [0.4, 0.5) is 0 Å². The number of rotatable bonds is 4. The van der Waals surface area contributed by atoms with Gasteiger partial charge in [-0.15, -0.1) is 0 Å². The van der Waals surface area contributed by atoms with Gasteiger partial charge in [-0.2, -0.15) is 5.26 Å². The van der Waals surface area contributed by atoms with Crippen molar-refractivity contribution in [3.63, 3.8) is 0 Å². The van der Waals surface area contributed by atoms with Crippen LogP contribution in [0.5, 0.6) is 5.75 Å². The number of benzene rings is 1. The minimum atomic E-state index is -0.215. The van der Waals surface area contributed by atoms with E-state index in [2.05, 4.69) is 38.2 Å². The van der Waals surface area contributed by atoms with E-state index in [4.69, 9.17) is 4.74 Å². The average molecular weight is 258 g/mol. The van der Waals surface area contributed by atoms with Crippen LogP contribution in [-0.4, -0.2) is 14.2 Å². The highest BCUT2D eigenvalue weighted by atomic mass is 16.5. The summed E-state index contributed by atoms with van der Waals surface area (Å²) in [6.45, 7) is 6.27. The highest BCUT2D eigenvalue weighted by Gasteiger charge is 2.50. The van der Waals surface area contributed by atoms with Crippen LogP contribution in [0, 0.1) is 37.5 Å². The topological polar surface area (TPSA) is 45.0 Å². The Balaban J connectivity index is 2.54. The number of ether oxygens (including phenoxy) is 1. The summed E-state index contributed by atoms with van der Waals surface area (Å²) in [5, 5.41) is 12.8. The Labute approximate surface area is 115 Å². The van der Waals surface area contributed by atoms with Gasteiger partial charge < -0.3 is 10.1 Å². The van der Waals surface area contributed by atoms with Crippen LogP contribution in [0.2, 0.25) is 0 Å². The Morgan fingerprint density at radius 2 is 1.95 bits per heavy atom. The molecule has 0 bridgehead atoms. The van der Waals surface area contributed by atoms with Crippen LogP contribution in [0.15, 0.2) is 6.07 Å². The summed E-state index contributed by atoms with van der Waals surface area (Å²) < 4.78 is 5.47. The van der Waals surface area contributed by atoms with Gasteiger partial charge in [0.1, 0.15) is 5.75 Å². The molecule has 2 rings (SSSR count). The molecule has 0 aliphatic heterocycles. The van der Waals surface area contributed by atoms with Gasteiger partial charge in [0.05, 0.1) is 24.6 Å². The molecule has 1 atom stereocenters. The van der Waals surface area contributed by atoms with Crippen LogP contribution in [-0.2, 0) is 0 Å². The van der Waals surface area contributed by atoms with Crippen molar-refractivity contribution in [3.05, 3.63) is 28.3 Å². The van der Waals surface area contributed by atoms with E-state index < -0.39 is 0 Å². The number of methoxy groups -OCH3 is 1. The van der Waals surface area contributed by atoms with E-state index in [0.29, 0.717) is 0 Å². The number of aryl methyl sites for hydroxylation is 1. The Morgan fingerprint density at radius 3 is 2.37 bits per heavy atom. The third kappa shape index (κ3) is 2.11. The lowest BCUT2D eigenvalue weighted by Crippen LogP contribution is -2.26. The highest BCUT2D eigenvalue weighted by Crippen LogP contribution is 2.55. The fourth-order valence-electron chi connectivity index (χ4n) is 3.03. The van der Waals surface area contributed by atoms with Gasteiger partial charge in [0.15, 0.2) is 0 Å². The second-order valence-corrected chi connectivity index (χ2v) is 5.56. The normalized spacial score (nSPS) is 17.7. The monoisotopic (exact) mass is 258 g/mol. The third-order valence-electron chi connectivity index (χ3n) is 4.43. The van der Waals surface area contributed by atoms with Crippen molar-refractivity contribution in [2.75, 3.05) is 14.2 Å². The van der Waals surface area contributed by atoms with Gasteiger partial charge in [0.2, 0.25) is 0 Å². The maximum absolute atomic E-state index is 9.43. The third-order valence-corrected chi connectivity index (χ3v) is 4.43. The molecular weight excluding hydrogens is 236 g/mol. The maximum atomic E-state index is 9.43. The van der Waals surface area contributed by atoms with E-state index in [1.54, 1.807) is 7.11 Å². The molecule has 0 spiro atoms. The molecule has 0 radical (unpaired) electrons. The van der Waals surface area contributed by atoms with Crippen molar-refractivity contribution in [2.24, 2.45) is 5.41 Å². The molecule has 0 saturated heterocycles. The standard InChI is InChI=1S/C16H22N2O/c1-10-8-13(11(2)12(3)14(10)19-5)15(18-4)16(9-17)6-7-16/h8,15,18H,6-7H2,1-5H3. The first-order chi connectivity index (χ1) is 9.00. The Bertz CT molecular complexity index is 539. The van der Waals surface area contributed by atoms with Gasteiger partial charge in [0, 0.05) is 0 Å². The van der Waals surface area contributed by atoms with E-state index in [1.165, 1.54) is 16.7 Å². The average Bonchev–Trinajstić information content (AvgIpc) is 3.18. The summed E-state index contributed by atoms with van der Waals surface area (Å²) in [4.78, 5) is 0. The van der Waals surface area contributed by atoms with Gasteiger partial charge in [0.25, 0.3) is 0 Å². The second-order valence-electron chi connectivity index (χ2n) is 5.56. The molecule has 0 amide bonds. The Kier molecular flexibility index (Phi) is 3.56. The van der Waals surface area contributed by atoms with E-state index >= 15 is 0 Å². The minimum absolute atomic E-state index is 0.112. The van der Waals surface area contributed by atoms with Crippen LogP contribution >= 0.6 is 0 Å². The SMILES string of the molecule is CNC(c1cc(C)c(OC)c(C)c1C)C1(C#N)CC1. The molecule has 1 saturated carbocycles. The van der Waals surface area contributed by atoms with Crippen LogP contribution in [0.1, 0.15) is 41.1 Å². The first-order valence-electron chi connectivity index (χ1n) is 6.74. The van der Waals surface area contributed by atoms with E-state index in [9.17, 15) is 5.26 Å². The zero-order valence-corrected chi connectivity index (χ0v) is 12.4. The number of nitrogens with one attached hydrogen (secondary N) is 1. The summed E-state index contributed by atoms with van der Waals surface area (Å²) in [5.41, 5.74) is 4.55. The van der Waals surface area contributed by atoms with Gasteiger partial charge in [-0.3, -0.25) is 0 Å². The predicted octanol–water partition coefficient (Wildman–Crippen LogP) is 3.18. The molecule has 1 aliphatic rings. The van der Waals surface area contributed by atoms with Crippen molar-refractivity contribution in [3.8, 4) is 11.8 Å². The number of hydrogen-bond acceptors (Lipinski definition) is 3. The van der Waals surface area contributed by atoms with Gasteiger partial charge in [-0.05, 0) is 62.9 Å². The first kappa shape index (κ1) is 13.9. The van der Waals surface area contributed by atoms with E-state index in [0.717, 1.165) is 24.2 Å². The molecule has 1 aromatic rings. The predicted molar refractivity (Wildman–Crippen MR) is 76.3 cm³/mol. The molecule has 1 unspecified atom stereocenters. The second kappa shape index (κ2) is 4.86. The van der Waals surface area contributed by atoms with E-state index in [1.807, 2.05) is 7.05 Å². The van der Waals surface area contributed by atoms with E-state index in [-0.39, 0.29) is 11.5 Å². The number of hydrogen-bond donors (Lipinski definition) is 1. The summed E-state index contributed by atoms with van der Waals surface area (Å²) in [6.07, 6.45) is 1.97. The molecule has 0 heterocycles. The van der Waals surface area contributed by atoms with Crippen molar-refractivity contribution in [2.45, 2.75) is 39.7 Å². The molecule has 1 aliphatic carbocycles. The molecule has 102 valence electrons. The Morgan fingerprint density at radius 1 is 1.32 bits per heavy atom. The van der Waals surface area contributed by atoms with Crippen molar-refractivity contribution in [1.29, 1.82) is 5.26 Å². The van der Waals surface area contributed by atoms with Crippen LogP contribution in [0.3, 0.4) is 0 Å². The maximum Gasteiger partial charge on any atom is 0.124 e. The molecule has 3 nitrogen and oxygen atoms in total. The Hall–Kier alpha value is -1.53. The zero-order chi connectivity index (χ0) is 14.2. The minimum Gasteiger partial charge on any atom is -0.496 e. The molecular formula is C16H22N2O. The van der Waals surface area contributed by atoms with Crippen molar-refractivity contribution >= 4 is 0 Å². The van der Waals surface area contributed by atoms with Crippen LogP contribution < -0.4 is 10.1 Å². The molecule has 3 heteroatoms. The first-order valence-corrected chi connectivity index (χ1v) is 6.74. The molecule has 1 N–H and O–H groups in total. The fraction of sp³-hybridized carbons (Fsp3) is 0.562. The number of nitrogens with zero attached hydrogens (tertiary/aromatic N) is 1. The molecule has 0 aromatic heterocycles. The van der Waals surface area contributed by atoms with Crippen molar-refractivity contribution < 1.29 is 4.74 Å². The van der Waals surface area contributed by atoms with Gasteiger partial charge >= 0.3 is 0 Å². The summed E-state index contributed by atoms with van der Waals surface area (Å²) in [5.74, 6) is 0.956. The van der Waals surface area contributed by atoms with Crippen LogP contribution in [0.25, 0.3) is 0 Å². The fourth-order valence-corrected chi connectivity index (χ4v) is 3.03. The quantitative estimate of drug-likeness (QED) is 0.902. The smallest absolute Gasteiger partial charge is 0.124 e. The number of nitriles is 1. The largest absolute Gasteiger partial charge is 0.496 e. The lowest BCUT2D eigenvalue weighted by atomic mass is 9.86. The molecule has 1 aromatic carbocycles. The molecule has 19 heavy (non-hydrogen) atoms. The molecule has 1 fully saturated rings. The summed E-state index contributed by atoms with van der Waals surface area (Å²) in [7, 11) is 3.65. The summed E-state index contributed by atoms with van der Waals surface area (Å²) >= 11 is 0. The van der Waals surface area contributed by atoms with Gasteiger partial charge in [-0.25, -0.2) is 0 Å². The lowest BCUT2D eigenvalue weighted by molar-refractivity contribution is 0.405. The van der Waals surface area contributed by atoms with Gasteiger partial charge in [-0.1, -0.05) is 6.07 Å². The highest BCUT2D eigenvalue weighted by molar-refractivity contribution is 5.51. The lowest BCUT2D eigenvalue weighted by Gasteiger charge is -2.26. The van der Waals surface area contributed by atoms with Crippen molar-refractivity contribution in [1.82, 2.24) is 5.32 Å². The zero-order valence-electron chi connectivity index (χ0n) is 12.4. The summed E-state index contributed by atoms with van der Waals surface area (Å²) in [6, 6.07) is 4.78.